The quantitative estimate of drug-likeness (QED) is 0.288. The van der Waals surface area contributed by atoms with Crippen LogP contribution in [0.1, 0.15) is 58.8 Å². The van der Waals surface area contributed by atoms with Gasteiger partial charge < -0.3 is 14.9 Å². The van der Waals surface area contributed by atoms with E-state index in [2.05, 4.69) is 36.8 Å². The molecule has 0 spiro atoms. The largest absolute Gasteiger partial charge is 0.481 e. The van der Waals surface area contributed by atoms with Gasteiger partial charge in [-0.1, -0.05) is 37.1 Å². The molecular weight excluding hydrogens is 364 g/mol. The molecule has 29 heavy (non-hydrogen) atoms. The van der Waals surface area contributed by atoms with Crippen LogP contribution >= 0.6 is 0 Å². The molecule has 0 aliphatic heterocycles. The maximum Gasteiger partial charge on any atom is 0.303 e. The van der Waals surface area contributed by atoms with Gasteiger partial charge in [-0.3, -0.25) is 4.79 Å². The second kappa shape index (κ2) is 14.7. The molecule has 4 atom stereocenters. The molecular formula is C25H34O4. The Labute approximate surface area is 175 Å². The van der Waals surface area contributed by atoms with Crippen LogP contribution in [0.5, 0.6) is 0 Å². The summed E-state index contributed by atoms with van der Waals surface area (Å²) in [7, 11) is 0. The summed E-state index contributed by atoms with van der Waals surface area (Å²) in [6.45, 7) is 4.46. The highest BCUT2D eigenvalue weighted by Gasteiger charge is 2.31. The second-order valence-corrected chi connectivity index (χ2v) is 7.63. The number of carbonyl (C=O) groups is 1. The van der Waals surface area contributed by atoms with Crippen LogP contribution in [0.3, 0.4) is 0 Å². The molecule has 2 N–H and O–H groups in total. The first-order chi connectivity index (χ1) is 14.0. The Kier molecular flexibility index (Phi) is 12.5. The fourth-order valence-corrected chi connectivity index (χ4v) is 3.32. The van der Waals surface area contributed by atoms with Gasteiger partial charge in [-0.15, -0.1) is 18.3 Å². The molecule has 1 fully saturated rings. The van der Waals surface area contributed by atoms with E-state index >= 15 is 0 Å². The molecule has 0 bridgehead atoms. The molecule has 1 saturated carbocycles. The zero-order valence-corrected chi connectivity index (χ0v) is 17.6. The van der Waals surface area contributed by atoms with Crippen molar-refractivity contribution in [3.63, 3.8) is 0 Å². The third-order valence-corrected chi connectivity index (χ3v) is 5.00. The number of aliphatic hydroxyl groups excluding tert-OH is 1. The minimum Gasteiger partial charge on any atom is -0.481 e. The van der Waals surface area contributed by atoms with Gasteiger partial charge in [-0.2, -0.15) is 0 Å². The maximum atomic E-state index is 10.7. The summed E-state index contributed by atoms with van der Waals surface area (Å²) in [6.07, 6.45) is 19.0. The van der Waals surface area contributed by atoms with Crippen LogP contribution in [-0.4, -0.2) is 35.0 Å². The molecule has 4 heteroatoms. The zero-order chi connectivity index (χ0) is 21.5. The van der Waals surface area contributed by atoms with Crippen molar-refractivity contribution >= 4 is 5.97 Å². The Hall–Kier alpha value is -2.27. The SMILES string of the molecule is C#C/C=C\C=C(\CCCC(=O)O)CO[C@@H]1CC(/C=C/CC(C)CC#CC)[C@H](O)C1. The van der Waals surface area contributed by atoms with Crippen LogP contribution in [0, 0.1) is 36.0 Å². The number of carboxylic acid groups (broad SMARTS) is 1. The molecule has 1 aliphatic carbocycles. The van der Waals surface area contributed by atoms with Crippen LogP contribution in [0.15, 0.2) is 36.0 Å². The number of aliphatic hydroxyl groups is 1. The van der Waals surface area contributed by atoms with Gasteiger partial charge in [-0.05, 0) is 50.2 Å². The zero-order valence-electron chi connectivity index (χ0n) is 17.6. The molecule has 0 saturated heterocycles. The lowest BCUT2D eigenvalue weighted by molar-refractivity contribution is -0.137. The van der Waals surface area contributed by atoms with Crippen LogP contribution in [-0.2, 0) is 9.53 Å². The van der Waals surface area contributed by atoms with Gasteiger partial charge in [-0.25, -0.2) is 0 Å². The highest BCUT2D eigenvalue weighted by atomic mass is 16.5. The van der Waals surface area contributed by atoms with Gasteiger partial charge in [0.25, 0.3) is 0 Å². The van der Waals surface area contributed by atoms with E-state index < -0.39 is 5.97 Å². The fraction of sp³-hybridized carbons (Fsp3) is 0.560. The molecule has 158 valence electrons. The number of terminal acetylenes is 1. The van der Waals surface area contributed by atoms with Crippen molar-refractivity contribution in [3.8, 4) is 24.2 Å². The summed E-state index contributed by atoms with van der Waals surface area (Å²) in [5, 5.41) is 19.2. The van der Waals surface area contributed by atoms with E-state index in [4.69, 9.17) is 16.3 Å². The summed E-state index contributed by atoms with van der Waals surface area (Å²) < 4.78 is 6.02. The highest BCUT2D eigenvalue weighted by molar-refractivity contribution is 5.66. The summed E-state index contributed by atoms with van der Waals surface area (Å²) in [5.74, 6) is 8.29. The summed E-state index contributed by atoms with van der Waals surface area (Å²) in [4.78, 5) is 10.7. The first-order valence-corrected chi connectivity index (χ1v) is 10.3. The smallest absolute Gasteiger partial charge is 0.303 e. The third kappa shape index (κ3) is 11.3. The molecule has 1 aliphatic rings. The maximum absolute atomic E-state index is 10.7. The first-order valence-electron chi connectivity index (χ1n) is 10.3. The van der Waals surface area contributed by atoms with Crippen molar-refractivity contribution in [1.29, 1.82) is 0 Å². The number of hydrogen-bond acceptors (Lipinski definition) is 3. The van der Waals surface area contributed by atoms with Gasteiger partial charge in [0.05, 0.1) is 18.8 Å². The Morgan fingerprint density at radius 3 is 2.83 bits per heavy atom. The lowest BCUT2D eigenvalue weighted by Gasteiger charge is -2.13. The van der Waals surface area contributed by atoms with E-state index in [-0.39, 0.29) is 24.5 Å². The van der Waals surface area contributed by atoms with E-state index in [0.29, 0.717) is 31.8 Å². The van der Waals surface area contributed by atoms with Gasteiger partial charge in [0, 0.05) is 25.2 Å². The van der Waals surface area contributed by atoms with Crippen molar-refractivity contribution in [3.05, 3.63) is 36.0 Å². The topological polar surface area (TPSA) is 66.8 Å². The van der Waals surface area contributed by atoms with Gasteiger partial charge in [0.2, 0.25) is 0 Å². The summed E-state index contributed by atoms with van der Waals surface area (Å²) >= 11 is 0. The molecule has 0 heterocycles. The van der Waals surface area contributed by atoms with Crippen molar-refractivity contribution in [2.75, 3.05) is 6.61 Å². The molecule has 0 amide bonds. The van der Waals surface area contributed by atoms with Crippen molar-refractivity contribution < 1.29 is 19.7 Å². The number of ether oxygens (including phenoxy) is 1. The Balaban J connectivity index is 2.49. The predicted octanol–water partition coefficient (Wildman–Crippen LogP) is 4.51. The van der Waals surface area contributed by atoms with Gasteiger partial charge >= 0.3 is 5.97 Å². The van der Waals surface area contributed by atoms with Gasteiger partial charge in [0.1, 0.15) is 0 Å². The van der Waals surface area contributed by atoms with Crippen molar-refractivity contribution in [2.45, 2.75) is 71.0 Å². The minimum absolute atomic E-state index is 0.00233. The number of allylic oxidation sites excluding steroid dienone is 4. The van der Waals surface area contributed by atoms with Gasteiger partial charge in [0.15, 0.2) is 0 Å². The van der Waals surface area contributed by atoms with E-state index in [1.54, 1.807) is 12.2 Å². The average Bonchev–Trinajstić information content (AvgIpc) is 3.03. The van der Waals surface area contributed by atoms with E-state index in [1.807, 2.05) is 13.0 Å². The summed E-state index contributed by atoms with van der Waals surface area (Å²) in [6, 6.07) is 0. The van der Waals surface area contributed by atoms with Crippen molar-refractivity contribution in [1.82, 2.24) is 0 Å². The van der Waals surface area contributed by atoms with E-state index in [0.717, 1.165) is 24.8 Å². The highest BCUT2D eigenvalue weighted by Crippen LogP contribution is 2.30. The van der Waals surface area contributed by atoms with Crippen LogP contribution in [0.4, 0.5) is 0 Å². The summed E-state index contributed by atoms with van der Waals surface area (Å²) in [5.41, 5.74) is 1.01. The number of hydrogen-bond donors (Lipinski definition) is 2. The molecule has 1 rings (SSSR count). The van der Waals surface area contributed by atoms with Crippen LogP contribution in [0.25, 0.3) is 0 Å². The molecule has 0 aromatic carbocycles. The standard InChI is InChI=1S/C25H34O4/c1-4-6-8-13-21(14-10-16-25(27)28)19-29-23-17-22(24(26)18-23)15-9-12-20(3)11-7-5-2/h1,6,8-9,13,15,20,22-24,26H,10-12,14,16-19H2,2-3H3,(H,27,28)/b8-6-,15-9+,21-13-/t20?,22?,23-,24-/m1/s1. The number of rotatable bonds is 12. The fourth-order valence-electron chi connectivity index (χ4n) is 3.32. The Morgan fingerprint density at radius 2 is 2.14 bits per heavy atom. The molecule has 0 radical (unpaired) electrons. The molecule has 0 aromatic rings. The number of aliphatic carboxylic acids is 1. The molecule has 4 nitrogen and oxygen atoms in total. The predicted molar refractivity (Wildman–Crippen MR) is 117 cm³/mol. The third-order valence-electron chi connectivity index (χ3n) is 5.00. The molecule has 2 unspecified atom stereocenters. The Morgan fingerprint density at radius 1 is 1.34 bits per heavy atom. The lowest BCUT2D eigenvalue weighted by atomic mass is 10.0. The van der Waals surface area contributed by atoms with Crippen molar-refractivity contribution in [2.24, 2.45) is 11.8 Å². The molecule has 0 aromatic heterocycles. The van der Waals surface area contributed by atoms with Crippen LogP contribution in [0.2, 0.25) is 0 Å². The normalized spacial score (nSPS) is 23.1. The van der Waals surface area contributed by atoms with Crippen LogP contribution < -0.4 is 0 Å². The van der Waals surface area contributed by atoms with E-state index in [1.165, 1.54) is 0 Å². The van der Waals surface area contributed by atoms with E-state index in [9.17, 15) is 9.90 Å². The second-order valence-electron chi connectivity index (χ2n) is 7.63. The number of carboxylic acids is 1. The first kappa shape index (κ1) is 24.8. The Bertz CT molecular complexity index is 684. The average molecular weight is 399 g/mol. The lowest BCUT2D eigenvalue weighted by Crippen LogP contribution is -2.12. The monoisotopic (exact) mass is 398 g/mol. The minimum atomic E-state index is -0.797.